The number of piperazine rings is 1. The molecule has 1 aromatic heterocycles. The Bertz CT molecular complexity index is 897. The van der Waals surface area contributed by atoms with E-state index in [1.165, 1.54) is 18.5 Å². The van der Waals surface area contributed by atoms with Gasteiger partial charge in [0.15, 0.2) is 5.11 Å². The molecule has 8 nitrogen and oxygen atoms in total. The summed E-state index contributed by atoms with van der Waals surface area (Å²) in [4.78, 5) is 16.8. The Morgan fingerprint density at radius 3 is 2.21 bits per heavy atom. The Morgan fingerprint density at radius 1 is 0.970 bits per heavy atom. The van der Waals surface area contributed by atoms with Crippen LogP contribution in [0.3, 0.4) is 0 Å². The molecule has 9 heteroatoms. The van der Waals surface area contributed by atoms with Crippen LogP contribution in [0.2, 0.25) is 0 Å². The third kappa shape index (κ3) is 6.45. The van der Waals surface area contributed by atoms with Crippen molar-refractivity contribution in [2.45, 2.75) is 19.8 Å². The van der Waals surface area contributed by atoms with E-state index < -0.39 is 0 Å². The molecule has 0 atom stereocenters. The van der Waals surface area contributed by atoms with Gasteiger partial charge in [0, 0.05) is 64.7 Å². The zero-order chi connectivity index (χ0) is 23.0. The van der Waals surface area contributed by atoms with Gasteiger partial charge >= 0.3 is 0 Å². The number of methoxy groups -OCH3 is 1. The molecule has 2 N–H and O–H groups in total. The Morgan fingerprint density at radius 2 is 1.58 bits per heavy atom. The van der Waals surface area contributed by atoms with E-state index in [0.29, 0.717) is 24.2 Å². The highest BCUT2D eigenvalue weighted by Crippen LogP contribution is 2.27. The second-order valence-corrected chi connectivity index (χ2v) is 9.17. The fourth-order valence-electron chi connectivity index (χ4n) is 4.28. The minimum absolute atomic E-state index is 0.510. The van der Waals surface area contributed by atoms with E-state index in [1.54, 1.807) is 7.11 Å². The lowest BCUT2D eigenvalue weighted by molar-refractivity contribution is 0.204. The first kappa shape index (κ1) is 23.5. The fraction of sp³-hybridized carbons (Fsp3) is 0.542. The average molecular weight is 470 g/mol. The molecule has 0 aliphatic carbocycles. The lowest BCUT2D eigenvalue weighted by atomic mass is 9.99. The van der Waals surface area contributed by atoms with Crippen LogP contribution in [-0.4, -0.2) is 74.6 Å². The molecule has 0 spiro atoms. The largest absolute Gasteiger partial charge is 0.383 e. The second kappa shape index (κ2) is 11.5. The van der Waals surface area contributed by atoms with Gasteiger partial charge in [-0.05, 0) is 43.1 Å². The number of nitrogens with one attached hydrogen (secondary N) is 2. The molecule has 4 rings (SSSR count). The molecule has 3 heterocycles. The minimum atomic E-state index is 0.510. The van der Waals surface area contributed by atoms with Crippen molar-refractivity contribution >= 4 is 40.6 Å². The smallest absolute Gasteiger partial charge is 0.232 e. The molecule has 0 bridgehead atoms. The van der Waals surface area contributed by atoms with Gasteiger partial charge < -0.3 is 30.1 Å². The molecule has 0 radical (unpaired) electrons. The van der Waals surface area contributed by atoms with Crippen molar-refractivity contribution < 1.29 is 4.74 Å². The van der Waals surface area contributed by atoms with Gasteiger partial charge in [-0.25, -0.2) is 0 Å². The van der Waals surface area contributed by atoms with Gasteiger partial charge in [0.25, 0.3) is 0 Å². The number of anilines is 4. The predicted molar refractivity (Wildman–Crippen MR) is 140 cm³/mol. The summed E-state index contributed by atoms with van der Waals surface area (Å²) in [6, 6.07) is 12.7. The normalized spacial score (nSPS) is 17.2. The number of piperidine rings is 1. The zero-order valence-electron chi connectivity index (χ0n) is 19.7. The van der Waals surface area contributed by atoms with E-state index in [-0.39, 0.29) is 0 Å². The van der Waals surface area contributed by atoms with Crippen molar-refractivity contribution in [3.63, 3.8) is 0 Å². The molecule has 0 amide bonds. The van der Waals surface area contributed by atoms with Crippen molar-refractivity contribution in [2.75, 3.05) is 79.5 Å². The van der Waals surface area contributed by atoms with E-state index in [9.17, 15) is 0 Å². The highest BCUT2D eigenvalue weighted by atomic mass is 32.1. The van der Waals surface area contributed by atoms with Crippen LogP contribution < -0.4 is 25.3 Å². The molecule has 2 aliphatic rings. The maximum Gasteiger partial charge on any atom is 0.232 e. The third-order valence-corrected chi connectivity index (χ3v) is 6.60. The van der Waals surface area contributed by atoms with Crippen molar-refractivity contribution in [3.8, 4) is 0 Å². The topological polar surface area (TPSA) is 68.8 Å². The Balaban J connectivity index is 1.48. The first-order chi connectivity index (χ1) is 16.1. The number of hydrogen-bond acceptors (Lipinski definition) is 7. The van der Waals surface area contributed by atoms with Crippen molar-refractivity contribution in [1.29, 1.82) is 0 Å². The number of ether oxygens (including phenoxy) is 1. The monoisotopic (exact) mass is 469 g/mol. The van der Waals surface area contributed by atoms with Gasteiger partial charge in [-0.3, -0.25) is 0 Å². The lowest BCUT2D eigenvalue weighted by Gasteiger charge is -2.37. The van der Waals surface area contributed by atoms with Gasteiger partial charge in [-0.15, -0.1) is 0 Å². The van der Waals surface area contributed by atoms with Gasteiger partial charge in [-0.1, -0.05) is 25.1 Å². The lowest BCUT2D eigenvalue weighted by Crippen LogP contribution is -2.47. The summed E-state index contributed by atoms with van der Waals surface area (Å²) in [7, 11) is 1.67. The molecule has 2 aliphatic heterocycles. The van der Waals surface area contributed by atoms with Gasteiger partial charge in [0.2, 0.25) is 5.95 Å². The van der Waals surface area contributed by atoms with Crippen molar-refractivity contribution in [2.24, 2.45) is 5.92 Å². The number of nitrogens with zero attached hydrogens (tertiary/aromatic N) is 5. The summed E-state index contributed by atoms with van der Waals surface area (Å²) in [5.41, 5.74) is 1.28. The zero-order valence-corrected chi connectivity index (χ0v) is 20.5. The van der Waals surface area contributed by atoms with Crippen LogP contribution in [0.4, 0.5) is 23.3 Å². The van der Waals surface area contributed by atoms with Gasteiger partial charge in [0.1, 0.15) is 11.6 Å². The highest BCUT2D eigenvalue weighted by molar-refractivity contribution is 7.80. The van der Waals surface area contributed by atoms with Gasteiger partial charge in [-0.2, -0.15) is 9.97 Å². The summed E-state index contributed by atoms with van der Waals surface area (Å²) in [5, 5.41) is 6.83. The summed E-state index contributed by atoms with van der Waals surface area (Å²) in [5.74, 6) is 3.23. The molecule has 2 saturated heterocycles. The number of thiocarbonyl (C=S) groups is 1. The number of rotatable bonds is 7. The quantitative estimate of drug-likeness (QED) is 0.470. The van der Waals surface area contributed by atoms with Crippen LogP contribution in [0, 0.1) is 5.92 Å². The molecule has 2 aromatic rings. The number of benzene rings is 1. The Labute approximate surface area is 202 Å². The van der Waals surface area contributed by atoms with Crippen molar-refractivity contribution in [3.05, 3.63) is 36.4 Å². The van der Waals surface area contributed by atoms with E-state index in [2.05, 4.69) is 68.7 Å². The number of para-hydroxylation sites is 1. The third-order valence-electron chi connectivity index (χ3n) is 6.35. The molecule has 2 fully saturated rings. The van der Waals surface area contributed by atoms with Crippen molar-refractivity contribution in [1.82, 2.24) is 15.3 Å². The maximum absolute atomic E-state index is 5.44. The molecular weight excluding hydrogens is 434 g/mol. The molecule has 0 saturated carbocycles. The average Bonchev–Trinajstić information content (AvgIpc) is 2.85. The summed E-state index contributed by atoms with van der Waals surface area (Å²) in [6.07, 6.45) is 2.38. The van der Waals surface area contributed by atoms with Crippen LogP contribution in [0.15, 0.2) is 36.4 Å². The number of aromatic nitrogens is 2. The summed E-state index contributed by atoms with van der Waals surface area (Å²) in [6.45, 7) is 9.36. The van der Waals surface area contributed by atoms with Crippen LogP contribution in [0.25, 0.3) is 0 Å². The van der Waals surface area contributed by atoms with Crippen LogP contribution in [0.5, 0.6) is 0 Å². The molecule has 1 aromatic carbocycles. The molecular formula is C24H35N7OS. The first-order valence-electron chi connectivity index (χ1n) is 11.8. The van der Waals surface area contributed by atoms with Gasteiger partial charge in [0.05, 0.1) is 6.61 Å². The second-order valence-electron chi connectivity index (χ2n) is 8.76. The van der Waals surface area contributed by atoms with E-state index in [0.717, 1.165) is 56.8 Å². The molecule has 178 valence electrons. The standard InChI is InChI=1S/C24H35N7OS/c1-19-8-11-30(12-9-19)21-18-22(27-23(26-21)28-24(33)25-10-17-32-2)31-15-13-29(14-16-31)20-6-4-3-5-7-20/h3-7,18-19H,8-17H2,1-2H3,(H2,25,26,27,28,33). The molecule has 33 heavy (non-hydrogen) atoms. The minimum Gasteiger partial charge on any atom is -0.383 e. The van der Waals surface area contributed by atoms with Crippen LogP contribution in [-0.2, 0) is 4.74 Å². The van der Waals surface area contributed by atoms with E-state index in [1.807, 2.05) is 0 Å². The maximum atomic E-state index is 5.44. The number of hydrogen-bond donors (Lipinski definition) is 2. The Kier molecular flexibility index (Phi) is 8.17. The van der Waals surface area contributed by atoms with Crippen LogP contribution in [0.1, 0.15) is 19.8 Å². The van der Waals surface area contributed by atoms with E-state index in [4.69, 9.17) is 26.9 Å². The molecule has 0 unspecified atom stereocenters. The Hall–Kier alpha value is -2.65. The fourth-order valence-corrected chi connectivity index (χ4v) is 4.48. The van der Waals surface area contributed by atoms with E-state index >= 15 is 0 Å². The highest BCUT2D eigenvalue weighted by Gasteiger charge is 2.23. The predicted octanol–water partition coefficient (Wildman–Crippen LogP) is 2.97. The first-order valence-corrected chi connectivity index (χ1v) is 12.3. The summed E-state index contributed by atoms with van der Waals surface area (Å²) < 4.78 is 5.09. The SMILES string of the molecule is COCCNC(=S)Nc1nc(N2CCC(C)CC2)cc(N2CCN(c3ccccc3)CC2)n1. The summed E-state index contributed by atoms with van der Waals surface area (Å²) >= 11 is 5.44. The van der Waals surface area contributed by atoms with Crippen LogP contribution >= 0.6 is 12.2 Å².